The molecule has 0 unspecified atom stereocenters. The second-order valence-corrected chi connectivity index (χ2v) is 8.44. The van der Waals surface area contributed by atoms with Gasteiger partial charge in [0.15, 0.2) is 5.11 Å². The number of para-hydroxylation sites is 1. The molecule has 8 heteroatoms. The summed E-state index contributed by atoms with van der Waals surface area (Å²) < 4.78 is -1.76. The van der Waals surface area contributed by atoms with E-state index in [0.29, 0.717) is 0 Å². The van der Waals surface area contributed by atoms with Crippen molar-refractivity contribution >= 4 is 63.7 Å². The number of thiocarbonyl (C=S) groups is 1. The lowest BCUT2D eigenvalue weighted by Gasteiger charge is -2.30. The van der Waals surface area contributed by atoms with Crippen LogP contribution in [-0.2, 0) is 4.79 Å². The quantitative estimate of drug-likeness (QED) is 0.422. The summed E-state index contributed by atoms with van der Waals surface area (Å²) in [4.78, 5) is 12.1. The number of benzene rings is 1. The molecular weight excluding hydrogens is 365 g/mol. The van der Waals surface area contributed by atoms with E-state index in [4.69, 9.17) is 47.0 Å². The van der Waals surface area contributed by atoms with Crippen LogP contribution < -0.4 is 16.0 Å². The number of alkyl halides is 3. The molecule has 0 aliphatic heterocycles. The van der Waals surface area contributed by atoms with Crippen molar-refractivity contribution in [1.82, 2.24) is 10.6 Å². The van der Waals surface area contributed by atoms with Gasteiger partial charge in [-0.25, -0.2) is 0 Å². The van der Waals surface area contributed by atoms with Crippen molar-refractivity contribution < 1.29 is 4.79 Å². The lowest BCUT2D eigenvalue weighted by Crippen LogP contribution is -2.58. The summed E-state index contributed by atoms with van der Waals surface area (Å²) in [6.45, 7) is 5.29. The predicted molar refractivity (Wildman–Crippen MR) is 97.5 cm³/mol. The van der Waals surface area contributed by atoms with Gasteiger partial charge in [-0.1, -0.05) is 73.8 Å². The van der Waals surface area contributed by atoms with Gasteiger partial charge in [0.25, 0.3) is 0 Å². The molecule has 1 aromatic carbocycles. The summed E-state index contributed by atoms with van der Waals surface area (Å²) in [5.41, 5.74) is 0.162. The molecule has 0 fully saturated rings. The van der Waals surface area contributed by atoms with Crippen molar-refractivity contribution in [3.63, 3.8) is 0 Å². The van der Waals surface area contributed by atoms with Crippen molar-refractivity contribution in [2.24, 2.45) is 5.41 Å². The minimum atomic E-state index is -1.76. The second kappa shape index (κ2) is 7.68. The third kappa shape index (κ3) is 6.57. The zero-order valence-corrected chi connectivity index (χ0v) is 15.5. The Morgan fingerprint density at radius 1 is 1.09 bits per heavy atom. The van der Waals surface area contributed by atoms with Crippen molar-refractivity contribution in [1.29, 1.82) is 0 Å². The average molecular weight is 383 g/mol. The largest absolute Gasteiger partial charge is 0.339 e. The molecule has 1 amide bonds. The van der Waals surface area contributed by atoms with Gasteiger partial charge in [0.05, 0.1) is 0 Å². The van der Waals surface area contributed by atoms with Gasteiger partial charge in [0, 0.05) is 11.1 Å². The number of halogens is 3. The molecule has 1 aromatic rings. The summed E-state index contributed by atoms with van der Waals surface area (Å²) in [6, 6.07) is 9.28. The minimum absolute atomic E-state index is 0.233. The van der Waals surface area contributed by atoms with E-state index in [2.05, 4.69) is 16.0 Å². The van der Waals surface area contributed by atoms with Crippen molar-refractivity contribution in [3.8, 4) is 0 Å². The number of hydrogen-bond acceptors (Lipinski definition) is 2. The maximum atomic E-state index is 12.1. The summed E-state index contributed by atoms with van der Waals surface area (Å²) in [5.74, 6) is -0.265. The molecular formula is C14H18Cl3N3OS. The highest BCUT2D eigenvalue weighted by Crippen LogP contribution is 2.30. The standard InChI is InChI=1S/C14H18Cl3N3OS/c1-13(2,3)11(21)19-10(14(15,16)17)20-12(22)18-9-7-5-4-6-8-9/h4-8,10H,1-3H3,(H,19,21)(H2,18,20,22)/t10-/m1/s1. The minimum Gasteiger partial charge on any atom is -0.339 e. The van der Waals surface area contributed by atoms with Crippen LogP contribution in [0.1, 0.15) is 20.8 Å². The Balaban J connectivity index is 2.74. The topological polar surface area (TPSA) is 53.2 Å². The first-order chi connectivity index (χ1) is 10.00. The van der Waals surface area contributed by atoms with Crippen LogP contribution in [0.2, 0.25) is 0 Å². The molecule has 0 bridgehead atoms. The second-order valence-electron chi connectivity index (χ2n) is 5.66. The number of anilines is 1. The first-order valence-electron chi connectivity index (χ1n) is 6.50. The van der Waals surface area contributed by atoms with E-state index in [-0.39, 0.29) is 11.0 Å². The number of amides is 1. The molecule has 1 rings (SSSR count). The van der Waals surface area contributed by atoms with Crippen molar-refractivity contribution in [2.45, 2.75) is 30.7 Å². The molecule has 122 valence electrons. The fourth-order valence-electron chi connectivity index (χ4n) is 1.37. The van der Waals surface area contributed by atoms with Crippen LogP contribution in [0, 0.1) is 5.41 Å². The van der Waals surface area contributed by atoms with Crippen molar-refractivity contribution in [3.05, 3.63) is 30.3 Å². The van der Waals surface area contributed by atoms with Crippen LogP contribution in [0.5, 0.6) is 0 Å². The lowest BCUT2D eigenvalue weighted by atomic mass is 9.95. The molecule has 0 saturated carbocycles. The first kappa shape index (κ1) is 19.3. The van der Waals surface area contributed by atoms with Gasteiger partial charge >= 0.3 is 0 Å². The molecule has 1 atom stereocenters. The smallest absolute Gasteiger partial charge is 0.228 e. The Morgan fingerprint density at radius 3 is 2.09 bits per heavy atom. The Morgan fingerprint density at radius 2 is 1.64 bits per heavy atom. The van der Waals surface area contributed by atoms with E-state index >= 15 is 0 Å². The maximum Gasteiger partial charge on any atom is 0.228 e. The fourth-order valence-corrected chi connectivity index (χ4v) is 1.93. The fraction of sp³-hybridized carbons (Fsp3) is 0.429. The van der Waals surface area contributed by atoms with Gasteiger partial charge in [-0.2, -0.15) is 0 Å². The highest BCUT2D eigenvalue weighted by Gasteiger charge is 2.36. The lowest BCUT2D eigenvalue weighted by molar-refractivity contribution is -0.129. The highest BCUT2D eigenvalue weighted by molar-refractivity contribution is 7.80. The van der Waals surface area contributed by atoms with Crippen LogP contribution >= 0.6 is 47.0 Å². The SMILES string of the molecule is CC(C)(C)C(=O)N[C@H](NC(=S)Nc1ccccc1)C(Cl)(Cl)Cl. The number of nitrogens with one attached hydrogen (secondary N) is 3. The molecule has 0 spiro atoms. The van der Waals surface area contributed by atoms with E-state index in [9.17, 15) is 4.79 Å². The van der Waals surface area contributed by atoms with Gasteiger partial charge in [-0.05, 0) is 24.4 Å². The van der Waals surface area contributed by atoms with Crippen molar-refractivity contribution in [2.75, 3.05) is 5.32 Å². The molecule has 4 nitrogen and oxygen atoms in total. The van der Waals surface area contributed by atoms with Crippen LogP contribution in [-0.4, -0.2) is 21.0 Å². The molecule has 0 aliphatic rings. The Kier molecular flexibility index (Phi) is 6.74. The summed E-state index contributed by atoms with van der Waals surface area (Å²) >= 11 is 22.9. The summed E-state index contributed by atoms with van der Waals surface area (Å²) in [6.07, 6.45) is -0.965. The van der Waals surface area contributed by atoms with E-state index in [1.165, 1.54) is 0 Å². The van der Waals surface area contributed by atoms with Crippen LogP contribution in [0.15, 0.2) is 30.3 Å². The van der Waals surface area contributed by atoms with Gasteiger partial charge in [-0.3, -0.25) is 4.79 Å². The molecule has 0 heterocycles. The number of carbonyl (C=O) groups is 1. The Labute approximate surface area is 150 Å². The molecule has 0 aromatic heterocycles. The summed E-state index contributed by atoms with van der Waals surface area (Å²) in [7, 11) is 0. The van der Waals surface area contributed by atoms with Gasteiger partial charge in [0.1, 0.15) is 6.17 Å². The number of rotatable bonds is 3. The van der Waals surface area contributed by atoms with E-state index in [1.54, 1.807) is 20.8 Å². The van der Waals surface area contributed by atoms with Crippen LogP contribution in [0.25, 0.3) is 0 Å². The monoisotopic (exact) mass is 381 g/mol. The number of hydrogen-bond donors (Lipinski definition) is 3. The Hall–Kier alpha value is -0.750. The third-order valence-corrected chi connectivity index (χ3v) is 3.47. The highest BCUT2D eigenvalue weighted by atomic mass is 35.6. The predicted octanol–water partition coefficient (Wildman–Crippen LogP) is 3.83. The molecule has 3 N–H and O–H groups in total. The Bertz CT molecular complexity index is 526. The van der Waals surface area contributed by atoms with Gasteiger partial charge in [-0.15, -0.1) is 0 Å². The molecule has 22 heavy (non-hydrogen) atoms. The number of carbonyl (C=O) groups excluding carboxylic acids is 1. The summed E-state index contributed by atoms with van der Waals surface area (Å²) in [5, 5.41) is 8.62. The van der Waals surface area contributed by atoms with E-state index in [1.807, 2.05) is 30.3 Å². The van der Waals surface area contributed by atoms with E-state index in [0.717, 1.165) is 5.69 Å². The first-order valence-corrected chi connectivity index (χ1v) is 8.04. The maximum absolute atomic E-state index is 12.1. The third-order valence-electron chi connectivity index (χ3n) is 2.59. The molecule has 0 saturated heterocycles. The van der Waals surface area contributed by atoms with Gasteiger partial charge < -0.3 is 16.0 Å². The van der Waals surface area contributed by atoms with E-state index < -0.39 is 15.4 Å². The van der Waals surface area contributed by atoms with Gasteiger partial charge in [0.2, 0.25) is 9.70 Å². The zero-order chi connectivity index (χ0) is 17.0. The van der Waals surface area contributed by atoms with Crippen LogP contribution in [0.4, 0.5) is 5.69 Å². The molecule has 0 radical (unpaired) electrons. The average Bonchev–Trinajstić information content (AvgIpc) is 2.36. The molecule has 0 aliphatic carbocycles. The van der Waals surface area contributed by atoms with Crippen LogP contribution in [0.3, 0.4) is 0 Å². The zero-order valence-electron chi connectivity index (χ0n) is 12.4. The normalized spacial score (nSPS) is 13.2.